The van der Waals surface area contributed by atoms with Crippen LogP contribution in [0.15, 0.2) is 30.6 Å². The Labute approximate surface area is 134 Å². The minimum atomic E-state index is -0.101. The van der Waals surface area contributed by atoms with Gasteiger partial charge in [-0.15, -0.1) is 5.10 Å². The number of nitrogens with zero attached hydrogens (tertiary/aromatic N) is 5. The summed E-state index contributed by atoms with van der Waals surface area (Å²) in [5.74, 6) is -0.101. The summed E-state index contributed by atoms with van der Waals surface area (Å²) < 4.78 is 1.50. The number of hydrogen-bond donors (Lipinski definition) is 2. The molecule has 0 radical (unpaired) electrons. The Morgan fingerprint density at radius 1 is 1.26 bits per heavy atom. The Kier molecular flexibility index (Phi) is 5.28. The molecule has 1 amide bonds. The number of amides is 1. The summed E-state index contributed by atoms with van der Waals surface area (Å²) in [5, 5.41) is 17.4. The van der Waals surface area contributed by atoms with E-state index >= 15 is 0 Å². The summed E-state index contributed by atoms with van der Waals surface area (Å²) in [6.07, 6.45) is 2.43. The molecule has 1 aromatic heterocycles. The third-order valence-electron chi connectivity index (χ3n) is 3.89. The van der Waals surface area contributed by atoms with Crippen LogP contribution in [-0.2, 0) is 0 Å². The van der Waals surface area contributed by atoms with E-state index in [-0.39, 0.29) is 5.91 Å². The SMILES string of the molecule is O=C(NCCCN1CCNCC1)c1ccccc1-n1cnnn1. The first-order valence-corrected chi connectivity index (χ1v) is 7.88. The second kappa shape index (κ2) is 7.80. The highest BCUT2D eigenvalue weighted by atomic mass is 16.1. The molecule has 0 aliphatic carbocycles. The zero-order valence-electron chi connectivity index (χ0n) is 13.0. The second-order valence-corrected chi connectivity index (χ2v) is 5.47. The molecule has 0 saturated carbocycles. The van der Waals surface area contributed by atoms with Crippen LogP contribution in [0, 0.1) is 0 Å². The zero-order chi connectivity index (χ0) is 15.9. The molecular weight excluding hydrogens is 294 g/mol. The van der Waals surface area contributed by atoms with Crippen molar-refractivity contribution < 1.29 is 4.79 Å². The molecule has 2 aromatic rings. The van der Waals surface area contributed by atoms with E-state index in [2.05, 4.69) is 31.1 Å². The van der Waals surface area contributed by atoms with Gasteiger partial charge in [0.25, 0.3) is 5.91 Å². The lowest BCUT2D eigenvalue weighted by Crippen LogP contribution is -2.44. The summed E-state index contributed by atoms with van der Waals surface area (Å²) in [7, 11) is 0. The van der Waals surface area contributed by atoms with E-state index in [9.17, 15) is 4.79 Å². The number of carbonyl (C=O) groups excluding carboxylic acids is 1. The van der Waals surface area contributed by atoms with E-state index in [1.807, 2.05) is 18.2 Å². The Morgan fingerprint density at radius 2 is 2.09 bits per heavy atom. The van der Waals surface area contributed by atoms with Crippen LogP contribution in [0.2, 0.25) is 0 Å². The molecule has 122 valence electrons. The fourth-order valence-electron chi connectivity index (χ4n) is 2.67. The predicted octanol–water partition coefficient (Wildman–Crippen LogP) is -0.313. The number of rotatable bonds is 6. The molecule has 0 bridgehead atoms. The van der Waals surface area contributed by atoms with Crippen molar-refractivity contribution in [3.8, 4) is 5.69 Å². The topological polar surface area (TPSA) is 88.0 Å². The van der Waals surface area contributed by atoms with Crippen LogP contribution < -0.4 is 10.6 Å². The molecule has 0 spiro atoms. The van der Waals surface area contributed by atoms with Crippen molar-refractivity contribution in [2.24, 2.45) is 0 Å². The smallest absolute Gasteiger partial charge is 0.253 e. The highest BCUT2D eigenvalue weighted by molar-refractivity contribution is 5.97. The number of piperazine rings is 1. The third kappa shape index (κ3) is 4.11. The van der Waals surface area contributed by atoms with Crippen molar-refractivity contribution >= 4 is 5.91 Å². The number of carbonyl (C=O) groups is 1. The van der Waals surface area contributed by atoms with E-state index in [0.717, 1.165) is 39.1 Å². The number of para-hydroxylation sites is 1. The van der Waals surface area contributed by atoms with Gasteiger partial charge >= 0.3 is 0 Å². The summed E-state index contributed by atoms with van der Waals surface area (Å²) in [4.78, 5) is 14.8. The van der Waals surface area contributed by atoms with E-state index in [0.29, 0.717) is 17.8 Å². The molecule has 3 rings (SSSR count). The van der Waals surface area contributed by atoms with E-state index in [4.69, 9.17) is 0 Å². The van der Waals surface area contributed by atoms with Crippen LogP contribution in [0.1, 0.15) is 16.8 Å². The molecular formula is C15H21N7O. The Balaban J connectivity index is 1.52. The number of aromatic nitrogens is 4. The van der Waals surface area contributed by atoms with Crippen LogP contribution in [0.5, 0.6) is 0 Å². The Morgan fingerprint density at radius 3 is 2.87 bits per heavy atom. The molecule has 1 aliphatic heterocycles. The lowest BCUT2D eigenvalue weighted by Gasteiger charge is -2.27. The minimum absolute atomic E-state index is 0.101. The van der Waals surface area contributed by atoms with Gasteiger partial charge in [-0.3, -0.25) is 4.79 Å². The molecule has 8 heteroatoms. The highest BCUT2D eigenvalue weighted by Gasteiger charge is 2.13. The highest BCUT2D eigenvalue weighted by Crippen LogP contribution is 2.12. The number of tetrazole rings is 1. The molecule has 2 N–H and O–H groups in total. The average Bonchev–Trinajstić information content (AvgIpc) is 3.14. The molecule has 2 heterocycles. The lowest BCUT2D eigenvalue weighted by atomic mass is 10.1. The van der Waals surface area contributed by atoms with Crippen molar-refractivity contribution in [2.45, 2.75) is 6.42 Å². The fraction of sp³-hybridized carbons (Fsp3) is 0.467. The van der Waals surface area contributed by atoms with Gasteiger partial charge in [0.05, 0.1) is 11.3 Å². The first-order valence-electron chi connectivity index (χ1n) is 7.88. The molecule has 0 atom stereocenters. The molecule has 0 unspecified atom stereocenters. The molecule has 1 aliphatic rings. The van der Waals surface area contributed by atoms with Crippen LogP contribution in [-0.4, -0.2) is 70.3 Å². The van der Waals surface area contributed by atoms with Crippen LogP contribution in [0.25, 0.3) is 5.69 Å². The number of benzene rings is 1. The number of nitrogens with one attached hydrogen (secondary N) is 2. The van der Waals surface area contributed by atoms with Crippen molar-refractivity contribution in [3.05, 3.63) is 36.2 Å². The third-order valence-corrected chi connectivity index (χ3v) is 3.89. The fourth-order valence-corrected chi connectivity index (χ4v) is 2.67. The summed E-state index contributed by atoms with van der Waals surface area (Å²) in [5.41, 5.74) is 1.25. The molecule has 23 heavy (non-hydrogen) atoms. The lowest BCUT2D eigenvalue weighted by molar-refractivity contribution is 0.0951. The van der Waals surface area contributed by atoms with Crippen LogP contribution >= 0.6 is 0 Å². The van der Waals surface area contributed by atoms with Gasteiger partial charge in [-0.25, -0.2) is 0 Å². The molecule has 1 aromatic carbocycles. The van der Waals surface area contributed by atoms with Crippen molar-refractivity contribution in [1.82, 2.24) is 35.7 Å². The van der Waals surface area contributed by atoms with Gasteiger partial charge in [0.1, 0.15) is 6.33 Å². The first kappa shape index (κ1) is 15.6. The van der Waals surface area contributed by atoms with Gasteiger partial charge in [0.2, 0.25) is 0 Å². The monoisotopic (exact) mass is 315 g/mol. The van der Waals surface area contributed by atoms with E-state index < -0.39 is 0 Å². The summed E-state index contributed by atoms with van der Waals surface area (Å²) in [6.45, 7) is 5.92. The molecule has 8 nitrogen and oxygen atoms in total. The maximum atomic E-state index is 12.4. The van der Waals surface area contributed by atoms with Gasteiger partial charge in [-0.1, -0.05) is 12.1 Å². The summed E-state index contributed by atoms with van der Waals surface area (Å²) >= 11 is 0. The van der Waals surface area contributed by atoms with Gasteiger partial charge in [0.15, 0.2) is 0 Å². The largest absolute Gasteiger partial charge is 0.352 e. The first-order chi connectivity index (χ1) is 11.3. The Hall–Kier alpha value is -2.32. The normalized spacial score (nSPS) is 15.5. The standard InChI is InChI=1S/C15H21N7O/c23-15(17-6-3-9-21-10-7-16-8-11-21)13-4-1-2-5-14(13)22-12-18-19-20-22/h1-2,4-5,12,16H,3,6-11H2,(H,17,23). The van der Waals surface area contributed by atoms with Gasteiger partial charge < -0.3 is 15.5 Å². The van der Waals surface area contributed by atoms with Gasteiger partial charge in [-0.05, 0) is 35.5 Å². The maximum absolute atomic E-state index is 12.4. The number of hydrogen-bond acceptors (Lipinski definition) is 6. The van der Waals surface area contributed by atoms with Crippen molar-refractivity contribution in [2.75, 3.05) is 39.3 Å². The molecule has 1 saturated heterocycles. The van der Waals surface area contributed by atoms with Crippen LogP contribution in [0.4, 0.5) is 0 Å². The predicted molar refractivity (Wildman–Crippen MR) is 85.4 cm³/mol. The van der Waals surface area contributed by atoms with Crippen molar-refractivity contribution in [3.63, 3.8) is 0 Å². The van der Waals surface area contributed by atoms with Crippen molar-refractivity contribution in [1.29, 1.82) is 0 Å². The van der Waals surface area contributed by atoms with Crippen LogP contribution in [0.3, 0.4) is 0 Å². The second-order valence-electron chi connectivity index (χ2n) is 5.47. The zero-order valence-corrected chi connectivity index (χ0v) is 13.0. The van der Waals surface area contributed by atoms with Gasteiger partial charge in [-0.2, -0.15) is 4.68 Å². The minimum Gasteiger partial charge on any atom is -0.352 e. The Bertz CT molecular complexity index is 623. The van der Waals surface area contributed by atoms with E-state index in [1.165, 1.54) is 11.0 Å². The average molecular weight is 315 g/mol. The van der Waals surface area contributed by atoms with E-state index in [1.54, 1.807) is 6.07 Å². The van der Waals surface area contributed by atoms with Gasteiger partial charge in [0, 0.05) is 32.7 Å². The maximum Gasteiger partial charge on any atom is 0.253 e. The quantitative estimate of drug-likeness (QED) is 0.711. The molecule has 1 fully saturated rings. The summed E-state index contributed by atoms with van der Waals surface area (Å²) in [6, 6.07) is 7.30.